The minimum Gasteiger partial charge on any atom is -0.460 e. The lowest BCUT2D eigenvalue weighted by atomic mass is 10.2. The third kappa shape index (κ3) is 3.07. The maximum atomic E-state index is 13.4. The van der Waals surface area contributed by atoms with Gasteiger partial charge in [-0.15, -0.1) is 0 Å². The molecule has 0 radical (unpaired) electrons. The molecule has 2 rings (SSSR count). The molecule has 98 valence electrons. The number of aryl methyl sites for hydroxylation is 1. The molecule has 0 spiro atoms. The first-order valence-corrected chi connectivity index (χ1v) is 5.74. The van der Waals surface area contributed by atoms with Crippen molar-refractivity contribution in [1.29, 1.82) is 0 Å². The number of halogens is 1. The molecule has 5 heteroatoms. The second kappa shape index (κ2) is 5.48. The Morgan fingerprint density at radius 3 is 2.63 bits per heavy atom. The van der Waals surface area contributed by atoms with Crippen molar-refractivity contribution in [2.75, 3.05) is 0 Å². The van der Waals surface area contributed by atoms with Crippen molar-refractivity contribution in [1.82, 2.24) is 5.43 Å². The number of rotatable bonds is 3. The van der Waals surface area contributed by atoms with Crippen LogP contribution >= 0.6 is 0 Å². The van der Waals surface area contributed by atoms with Gasteiger partial charge in [0.25, 0.3) is 5.91 Å². The fraction of sp³-hybridized carbons (Fsp3) is 0.143. The lowest BCUT2D eigenvalue weighted by Crippen LogP contribution is -2.20. The van der Waals surface area contributed by atoms with Crippen LogP contribution in [0.15, 0.2) is 45.9 Å². The summed E-state index contributed by atoms with van der Waals surface area (Å²) in [5.74, 6) is 0.138. The molecule has 1 heterocycles. The number of furan rings is 1. The topological polar surface area (TPSA) is 54.6 Å². The van der Waals surface area contributed by atoms with Crippen LogP contribution in [0.25, 0.3) is 0 Å². The van der Waals surface area contributed by atoms with Crippen LogP contribution in [-0.2, 0) is 0 Å². The smallest absolute Gasteiger partial charge is 0.274 e. The van der Waals surface area contributed by atoms with Gasteiger partial charge in [-0.1, -0.05) is 12.1 Å². The molecule has 0 aliphatic rings. The van der Waals surface area contributed by atoms with Crippen molar-refractivity contribution in [3.63, 3.8) is 0 Å². The fourth-order valence-corrected chi connectivity index (χ4v) is 1.52. The van der Waals surface area contributed by atoms with E-state index in [-0.39, 0.29) is 5.56 Å². The molecular weight excluding hydrogens is 247 g/mol. The number of carbonyl (C=O) groups is 1. The predicted octanol–water partition coefficient (Wildman–Crippen LogP) is 2.88. The summed E-state index contributed by atoms with van der Waals surface area (Å²) in [6, 6.07) is 9.28. The van der Waals surface area contributed by atoms with Crippen LogP contribution in [0, 0.1) is 12.7 Å². The summed E-state index contributed by atoms with van der Waals surface area (Å²) in [6.45, 7) is 3.51. The Morgan fingerprint density at radius 2 is 2.00 bits per heavy atom. The third-order valence-corrected chi connectivity index (χ3v) is 2.54. The van der Waals surface area contributed by atoms with E-state index in [1.165, 1.54) is 18.2 Å². The van der Waals surface area contributed by atoms with Crippen LogP contribution in [0.2, 0.25) is 0 Å². The van der Waals surface area contributed by atoms with Gasteiger partial charge in [0, 0.05) is 0 Å². The molecule has 0 atom stereocenters. The average Bonchev–Trinajstić information content (AvgIpc) is 2.83. The molecule has 2 aromatic rings. The molecular formula is C14H13FN2O2. The van der Waals surface area contributed by atoms with E-state index in [2.05, 4.69) is 10.5 Å². The highest BCUT2D eigenvalue weighted by Crippen LogP contribution is 2.08. The monoisotopic (exact) mass is 260 g/mol. The molecule has 4 nitrogen and oxygen atoms in total. The highest BCUT2D eigenvalue weighted by Gasteiger charge is 2.10. The van der Waals surface area contributed by atoms with Crippen molar-refractivity contribution in [2.45, 2.75) is 13.8 Å². The van der Waals surface area contributed by atoms with Gasteiger partial charge in [-0.05, 0) is 38.1 Å². The summed E-state index contributed by atoms with van der Waals surface area (Å²) in [5, 5.41) is 3.88. The second-order valence-corrected chi connectivity index (χ2v) is 4.03. The highest BCUT2D eigenvalue weighted by molar-refractivity contribution is 5.99. The summed E-state index contributed by atoms with van der Waals surface area (Å²) >= 11 is 0. The lowest BCUT2D eigenvalue weighted by molar-refractivity contribution is 0.0951. The van der Waals surface area contributed by atoms with E-state index in [1.807, 2.05) is 6.92 Å². The summed E-state index contributed by atoms with van der Waals surface area (Å²) in [5.41, 5.74) is 2.76. The summed E-state index contributed by atoms with van der Waals surface area (Å²) in [4.78, 5) is 11.7. The molecule has 0 aliphatic carbocycles. The van der Waals surface area contributed by atoms with Gasteiger partial charge < -0.3 is 4.42 Å². The molecule has 0 saturated heterocycles. The van der Waals surface area contributed by atoms with Gasteiger partial charge in [-0.3, -0.25) is 4.79 Å². The van der Waals surface area contributed by atoms with Gasteiger partial charge >= 0.3 is 0 Å². The van der Waals surface area contributed by atoms with Gasteiger partial charge in [0.05, 0.1) is 5.56 Å². The van der Waals surface area contributed by atoms with Crippen molar-refractivity contribution >= 4 is 11.6 Å². The van der Waals surface area contributed by atoms with Gasteiger partial charge in [0.15, 0.2) is 0 Å². The van der Waals surface area contributed by atoms with E-state index in [4.69, 9.17) is 4.42 Å². The van der Waals surface area contributed by atoms with Crippen LogP contribution in [0.3, 0.4) is 0 Å². The zero-order valence-corrected chi connectivity index (χ0v) is 10.6. The summed E-state index contributed by atoms with van der Waals surface area (Å²) in [6.07, 6.45) is 0. The minimum absolute atomic E-state index is 0.0466. The van der Waals surface area contributed by atoms with Crippen LogP contribution in [0.5, 0.6) is 0 Å². The van der Waals surface area contributed by atoms with E-state index in [1.54, 1.807) is 25.1 Å². The Hall–Kier alpha value is -2.43. The van der Waals surface area contributed by atoms with Crippen molar-refractivity contribution in [2.24, 2.45) is 5.10 Å². The second-order valence-electron chi connectivity index (χ2n) is 4.03. The molecule has 1 aromatic heterocycles. The molecule has 0 aliphatic heterocycles. The number of nitrogens with one attached hydrogen (secondary N) is 1. The first-order valence-electron chi connectivity index (χ1n) is 5.74. The number of hydrogen-bond acceptors (Lipinski definition) is 3. The molecule has 1 aromatic carbocycles. The molecule has 0 fully saturated rings. The first-order chi connectivity index (χ1) is 9.08. The van der Waals surface area contributed by atoms with Crippen LogP contribution in [-0.4, -0.2) is 11.6 Å². The zero-order valence-electron chi connectivity index (χ0n) is 10.6. The number of carbonyl (C=O) groups excluding carboxylic acids is 1. The largest absolute Gasteiger partial charge is 0.460 e. The van der Waals surface area contributed by atoms with Crippen LogP contribution < -0.4 is 5.43 Å². The highest BCUT2D eigenvalue weighted by atomic mass is 19.1. The number of hydrogen-bond donors (Lipinski definition) is 1. The Morgan fingerprint density at radius 1 is 1.26 bits per heavy atom. The normalized spacial score (nSPS) is 11.4. The van der Waals surface area contributed by atoms with Crippen molar-refractivity contribution in [3.05, 3.63) is 59.3 Å². The fourth-order valence-electron chi connectivity index (χ4n) is 1.52. The van der Waals surface area contributed by atoms with E-state index < -0.39 is 11.7 Å². The molecule has 1 amide bonds. The van der Waals surface area contributed by atoms with E-state index in [9.17, 15) is 9.18 Å². The number of amides is 1. The van der Waals surface area contributed by atoms with E-state index in [0.717, 1.165) is 5.76 Å². The van der Waals surface area contributed by atoms with E-state index in [0.29, 0.717) is 11.5 Å². The average molecular weight is 260 g/mol. The number of nitrogens with zero attached hydrogens (tertiary/aromatic N) is 1. The molecule has 0 bridgehead atoms. The van der Waals surface area contributed by atoms with Gasteiger partial charge in [0.1, 0.15) is 23.0 Å². The maximum absolute atomic E-state index is 13.4. The summed E-state index contributed by atoms with van der Waals surface area (Å²) < 4.78 is 18.7. The van der Waals surface area contributed by atoms with E-state index >= 15 is 0 Å². The molecule has 1 N–H and O–H groups in total. The lowest BCUT2D eigenvalue weighted by Gasteiger charge is -2.02. The molecule has 0 unspecified atom stereocenters. The standard InChI is InChI=1S/C14H13FN2O2/c1-9-7-8-13(19-9)10(2)16-17-14(18)11-5-3-4-6-12(11)15/h3-8H,1-2H3,(H,17,18)/b16-10+. The third-order valence-electron chi connectivity index (χ3n) is 2.54. The van der Waals surface area contributed by atoms with Crippen molar-refractivity contribution in [3.8, 4) is 0 Å². The molecule has 0 saturated carbocycles. The van der Waals surface area contributed by atoms with Gasteiger partial charge in [-0.25, -0.2) is 9.82 Å². The van der Waals surface area contributed by atoms with Crippen LogP contribution in [0.1, 0.15) is 28.8 Å². The Labute approximate surface area is 109 Å². The summed E-state index contributed by atoms with van der Waals surface area (Å²) in [7, 11) is 0. The Balaban J connectivity index is 2.10. The quantitative estimate of drug-likeness (QED) is 0.681. The Bertz CT molecular complexity index is 632. The number of benzene rings is 1. The Kier molecular flexibility index (Phi) is 3.75. The van der Waals surface area contributed by atoms with Gasteiger partial charge in [-0.2, -0.15) is 5.10 Å². The SMILES string of the molecule is C/C(=N\NC(=O)c1ccccc1F)c1ccc(C)o1. The minimum atomic E-state index is -0.597. The molecule has 19 heavy (non-hydrogen) atoms. The number of hydrazone groups is 1. The maximum Gasteiger partial charge on any atom is 0.274 e. The van der Waals surface area contributed by atoms with Crippen LogP contribution in [0.4, 0.5) is 4.39 Å². The zero-order chi connectivity index (χ0) is 13.8. The first kappa shape index (κ1) is 13.0. The van der Waals surface area contributed by atoms with Gasteiger partial charge in [0.2, 0.25) is 0 Å². The predicted molar refractivity (Wildman–Crippen MR) is 69.5 cm³/mol. The van der Waals surface area contributed by atoms with Crippen molar-refractivity contribution < 1.29 is 13.6 Å².